The van der Waals surface area contributed by atoms with Gasteiger partial charge in [-0.25, -0.2) is 14.7 Å². The molecule has 1 amide bonds. The van der Waals surface area contributed by atoms with Gasteiger partial charge in [0.15, 0.2) is 0 Å². The average Bonchev–Trinajstić information content (AvgIpc) is 2.99. The second-order valence-electron chi connectivity index (χ2n) is 10.2. The maximum atomic E-state index is 13.9. The zero-order chi connectivity index (χ0) is 29.6. The molecule has 3 aromatic carbocycles. The molecule has 42 heavy (non-hydrogen) atoms. The molecule has 2 heterocycles. The summed E-state index contributed by atoms with van der Waals surface area (Å²) in [6, 6.07) is 20.8. The van der Waals surface area contributed by atoms with Gasteiger partial charge in [-0.3, -0.25) is 0 Å². The standard InChI is InChI=1S/C32H36N6O4/c1-22-8-6-9-23(2)30(22)38(27-13-12-26(40-4)21-28(27)41-5)32(39)42-29-14-15-33-31(35-29)34-24-10-7-11-25(20-24)37-18-16-36(3)17-19-37/h6-15,20-21H,16-19H2,1-5H3,(H,33,34,35). The summed E-state index contributed by atoms with van der Waals surface area (Å²) in [7, 11) is 5.27. The van der Waals surface area contributed by atoms with E-state index >= 15 is 0 Å². The SMILES string of the molecule is COc1ccc(N(C(=O)Oc2ccnc(Nc3cccc(N4CCN(C)CC4)c3)n2)c2c(C)cccc2C)c(OC)c1. The Balaban J connectivity index is 1.41. The summed E-state index contributed by atoms with van der Waals surface area (Å²) < 4.78 is 16.9. The number of ether oxygens (including phenoxy) is 3. The van der Waals surface area contributed by atoms with Gasteiger partial charge in [-0.05, 0) is 62.4 Å². The Hall–Kier alpha value is -4.83. The maximum absolute atomic E-state index is 13.9. The lowest BCUT2D eigenvalue weighted by Crippen LogP contribution is -2.44. The van der Waals surface area contributed by atoms with Crippen molar-refractivity contribution in [2.45, 2.75) is 13.8 Å². The van der Waals surface area contributed by atoms with Crippen LogP contribution in [-0.2, 0) is 0 Å². The zero-order valence-electron chi connectivity index (χ0n) is 24.6. The number of carbonyl (C=O) groups is 1. The van der Waals surface area contributed by atoms with Crippen molar-refractivity contribution in [3.8, 4) is 17.4 Å². The van der Waals surface area contributed by atoms with Gasteiger partial charge in [-0.1, -0.05) is 24.3 Å². The van der Waals surface area contributed by atoms with E-state index in [9.17, 15) is 4.79 Å². The van der Waals surface area contributed by atoms with Crippen LogP contribution in [-0.4, -0.2) is 68.4 Å². The molecule has 4 aromatic rings. The van der Waals surface area contributed by atoms with Gasteiger partial charge in [0, 0.05) is 55.9 Å². The van der Waals surface area contributed by atoms with Gasteiger partial charge < -0.3 is 29.3 Å². The number of nitrogens with zero attached hydrogens (tertiary/aromatic N) is 5. The molecule has 1 aromatic heterocycles. The number of benzene rings is 3. The third kappa shape index (κ3) is 6.39. The first-order valence-corrected chi connectivity index (χ1v) is 13.8. The fourth-order valence-corrected chi connectivity index (χ4v) is 5.01. The molecule has 10 nitrogen and oxygen atoms in total. The van der Waals surface area contributed by atoms with Crippen molar-refractivity contribution in [2.24, 2.45) is 0 Å². The Labute approximate surface area is 246 Å². The number of hydrogen-bond donors (Lipinski definition) is 1. The molecule has 0 aliphatic carbocycles. The van der Waals surface area contributed by atoms with Crippen LogP contribution in [0.4, 0.5) is 33.5 Å². The minimum Gasteiger partial charge on any atom is -0.497 e. The third-order valence-electron chi connectivity index (χ3n) is 7.27. The number of rotatable bonds is 8. The van der Waals surface area contributed by atoms with Crippen LogP contribution in [0.1, 0.15) is 11.1 Å². The first-order chi connectivity index (χ1) is 20.4. The van der Waals surface area contributed by atoms with E-state index in [0.29, 0.717) is 28.8 Å². The number of piperazine rings is 1. The average molecular weight is 569 g/mol. The van der Waals surface area contributed by atoms with Gasteiger partial charge in [0.2, 0.25) is 11.8 Å². The molecule has 1 aliphatic rings. The van der Waals surface area contributed by atoms with E-state index in [1.54, 1.807) is 44.7 Å². The predicted octanol–water partition coefficient (Wildman–Crippen LogP) is 5.94. The summed E-state index contributed by atoms with van der Waals surface area (Å²) in [5.74, 6) is 1.49. The van der Waals surface area contributed by atoms with Crippen LogP contribution < -0.4 is 29.3 Å². The van der Waals surface area contributed by atoms with E-state index in [4.69, 9.17) is 14.2 Å². The zero-order valence-corrected chi connectivity index (χ0v) is 24.6. The highest BCUT2D eigenvalue weighted by atomic mass is 16.6. The van der Waals surface area contributed by atoms with Crippen LogP contribution in [0.3, 0.4) is 0 Å². The number of methoxy groups -OCH3 is 2. The Morgan fingerprint density at radius 2 is 1.64 bits per heavy atom. The van der Waals surface area contributed by atoms with Crippen molar-refractivity contribution in [3.05, 3.63) is 84.1 Å². The number of nitrogens with one attached hydrogen (secondary N) is 1. The lowest BCUT2D eigenvalue weighted by Gasteiger charge is -2.34. The maximum Gasteiger partial charge on any atom is 0.425 e. The highest BCUT2D eigenvalue weighted by molar-refractivity contribution is 6.00. The molecule has 0 saturated carbocycles. The molecule has 0 spiro atoms. The lowest BCUT2D eigenvalue weighted by atomic mass is 10.1. The van der Waals surface area contributed by atoms with Crippen molar-refractivity contribution < 1.29 is 19.0 Å². The highest BCUT2D eigenvalue weighted by Crippen LogP contribution is 2.39. The van der Waals surface area contributed by atoms with Crippen molar-refractivity contribution in [2.75, 3.05) is 62.6 Å². The number of aryl methyl sites for hydroxylation is 2. The minimum atomic E-state index is -0.641. The van der Waals surface area contributed by atoms with Gasteiger partial charge in [0.25, 0.3) is 0 Å². The Morgan fingerprint density at radius 3 is 2.36 bits per heavy atom. The van der Waals surface area contributed by atoms with E-state index in [0.717, 1.165) is 48.7 Å². The van der Waals surface area contributed by atoms with Crippen LogP contribution in [0.2, 0.25) is 0 Å². The van der Waals surface area contributed by atoms with E-state index in [2.05, 4.69) is 44.3 Å². The van der Waals surface area contributed by atoms with Crippen molar-refractivity contribution in [1.82, 2.24) is 14.9 Å². The van der Waals surface area contributed by atoms with Gasteiger partial charge in [0.1, 0.15) is 11.5 Å². The largest absolute Gasteiger partial charge is 0.497 e. The molecular formula is C32H36N6O4. The van der Waals surface area contributed by atoms with Crippen molar-refractivity contribution in [1.29, 1.82) is 0 Å². The van der Waals surface area contributed by atoms with Crippen LogP contribution in [0.5, 0.6) is 17.4 Å². The van der Waals surface area contributed by atoms with Crippen molar-refractivity contribution >= 4 is 34.8 Å². The van der Waals surface area contributed by atoms with E-state index in [1.165, 1.54) is 4.90 Å². The third-order valence-corrected chi connectivity index (χ3v) is 7.27. The molecule has 5 rings (SSSR count). The first-order valence-electron chi connectivity index (χ1n) is 13.8. The molecule has 0 radical (unpaired) electrons. The molecule has 1 N–H and O–H groups in total. The number of aromatic nitrogens is 2. The molecule has 10 heteroatoms. The summed E-state index contributed by atoms with van der Waals surface area (Å²) in [6.07, 6.45) is 0.914. The van der Waals surface area contributed by atoms with E-state index in [1.807, 2.05) is 44.2 Å². The quantitative estimate of drug-likeness (QED) is 0.277. The fraction of sp³-hybridized carbons (Fsp3) is 0.281. The summed E-state index contributed by atoms with van der Waals surface area (Å²) in [5, 5.41) is 3.25. The molecular weight excluding hydrogens is 532 g/mol. The second kappa shape index (κ2) is 12.8. The summed E-state index contributed by atoms with van der Waals surface area (Å²) >= 11 is 0. The molecule has 1 saturated heterocycles. The number of anilines is 5. The summed E-state index contributed by atoms with van der Waals surface area (Å²) in [6.45, 7) is 7.88. The number of likely N-dealkylation sites (N-methyl/N-ethyl adjacent to an activating group) is 1. The van der Waals surface area contributed by atoms with Crippen LogP contribution in [0.25, 0.3) is 0 Å². The van der Waals surface area contributed by atoms with Gasteiger partial charge >= 0.3 is 6.09 Å². The normalized spacial score (nSPS) is 13.4. The van der Waals surface area contributed by atoms with E-state index in [-0.39, 0.29) is 5.88 Å². The number of para-hydroxylation sites is 1. The van der Waals surface area contributed by atoms with Crippen LogP contribution in [0.15, 0.2) is 72.9 Å². The smallest absolute Gasteiger partial charge is 0.425 e. The summed E-state index contributed by atoms with van der Waals surface area (Å²) in [4.78, 5) is 28.9. The molecule has 0 atom stereocenters. The molecule has 0 bridgehead atoms. The predicted molar refractivity (Wildman–Crippen MR) is 165 cm³/mol. The number of amides is 1. The lowest BCUT2D eigenvalue weighted by molar-refractivity contribution is 0.208. The van der Waals surface area contributed by atoms with Crippen molar-refractivity contribution in [3.63, 3.8) is 0 Å². The molecule has 1 fully saturated rings. The molecule has 1 aliphatic heterocycles. The molecule has 218 valence electrons. The minimum absolute atomic E-state index is 0.108. The Kier molecular flexibility index (Phi) is 8.73. The Bertz CT molecular complexity index is 1530. The van der Waals surface area contributed by atoms with Gasteiger partial charge in [-0.15, -0.1) is 0 Å². The first kappa shape index (κ1) is 28.7. The Morgan fingerprint density at radius 1 is 0.905 bits per heavy atom. The van der Waals surface area contributed by atoms with E-state index < -0.39 is 6.09 Å². The summed E-state index contributed by atoms with van der Waals surface area (Å²) in [5.41, 5.74) is 4.97. The number of hydrogen-bond acceptors (Lipinski definition) is 9. The van der Waals surface area contributed by atoms with Gasteiger partial charge in [-0.2, -0.15) is 4.98 Å². The number of carbonyl (C=O) groups excluding carboxylic acids is 1. The van der Waals surface area contributed by atoms with Crippen LogP contribution >= 0.6 is 0 Å². The van der Waals surface area contributed by atoms with Gasteiger partial charge in [0.05, 0.1) is 25.6 Å². The van der Waals surface area contributed by atoms with Crippen LogP contribution in [0, 0.1) is 13.8 Å². The highest BCUT2D eigenvalue weighted by Gasteiger charge is 2.27. The molecule has 0 unspecified atom stereocenters. The fourth-order valence-electron chi connectivity index (χ4n) is 5.01. The second-order valence-corrected chi connectivity index (χ2v) is 10.2. The topological polar surface area (TPSA) is 92.3 Å². The monoisotopic (exact) mass is 568 g/mol.